The first-order valence-electron chi connectivity index (χ1n) is 8.22. The minimum atomic E-state index is -3.29. The molecule has 0 bridgehead atoms. The summed E-state index contributed by atoms with van der Waals surface area (Å²) in [4.78, 5) is 12.2. The average molecular weight is 356 g/mol. The quantitative estimate of drug-likeness (QED) is 0.786. The number of benzene rings is 1. The first kappa shape index (κ1) is 20.6. The fraction of sp³-hybridized carbons (Fsp3) is 0.611. The molecule has 1 aromatic carbocycles. The van der Waals surface area contributed by atoms with Crippen molar-refractivity contribution >= 4 is 15.7 Å². The summed E-state index contributed by atoms with van der Waals surface area (Å²) in [5, 5.41) is 12.2. The van der Waals surface area contributed by atoms with Crippen LogP contribution in [0.25, 0.3) is 0 Å². The van der Waals surface area contributed by atoms with E-state index in [9.17, 15) is 18.3 Å². The van der Waals surface area contributed by atoms with Gasteiger partial charge in [0.15, 0.2) is 9.84 Å². The van der Waals surface area contributed by atoms with Gasteiger partial charge >= 0.3 is 0 Å². The third-order valence-corrected chi connectivity index (χ3v) is 6.15. The Labute approximate surface area is 145 Å². The van der Waals surface area contributed by atoms with Crippen LogP contribution in [0.5, 0.6) is 0 Å². The van der Waals surface area contributed by atoms with Crippen molar-refractivity contribution < 1.29 is 18.3 Å². The summed E-state index contributed by atoms with van der Waals surface area (Å²) in [7, 11) is -3.29. The molecular formula is C18H29NO4S. The van der Waals surface area contributed by atoms with Crippen LogP contribution in [0.1, 0.15) is 46.6 Å². The zero-order valence-electron chi connectivity index (χ0n) is 15.2. The standard InChI is InChI=1S/C18H29NO4S/c1-13(2)24(22,23)15-8-6-14(7-9-15)12-17(21)19-11-10-16(20)18(3,4)5/h6-9,13,16,20H,10-12H2,1-5H3,(H,19,21). The molecule has 0 saturated carbocycles. The molecule has 1 atom stereocenters. The van der Waals surface area contributed by atoms with Gasteiger partial charge in [0.05, 0.1) is 22.7 Å². The van der Waals surface area contributed by atoms with E-state index in [-0.39, 0.29) is 22.6 Å². The fourth-order valence-electron chi connectivity index (χ4n) is 2.10. The van der Waals surface area contributed by atoms with E-state index in [1.807, 2.05) is 20.8 Å². The molecule has 1 rings (SSSR count). The number of aliphatic hydroxyl groups excluding tert-OH is 1. The lowest BCUT2D eigenvalue weighted by Crippen LogP contribution is -2.33. The fourth-order valence-corrected chi connectivity index (χ4v) is 3.16. The number of carbonyl (C=O) groups excluding carboxylic acids is 1. The van der Waals surface area contributed by atoms with Crippen molar-refractivity contribution in [2.24, 2.45) is 5.41 Å². The first-order valence-corrected chi connectivity index (χ1v) is 9.77. The van der Waals surface area contributed by atoms with E-state index in [0.29, 0.717) is 13.0 Å². The predicted molar refractivity (Wildman–Crippen MR) is 95.6 cm³/mol. The first-order chi connectivity index (χ1) is 10.9. The van der Waals surface area contributed by atoms with Crippen LogP contribution in [0, 0.1) is 5.41 Å². The molecule has 0 fully saturated rings. The number of hydrogen-bond acceptors (Lipinski definition) is 4. The minimum absolute atomic E-state index is 0.143. The Bertz CT molecular complexity index is 643. The van der Waals surface area contributed by atoms with Crippen molar-refractivity contribution in [2.75, 3.05) is 6.54 Å². The lowest BCUT2D eigenvalue weighted by Gasteiger charge is -2.25. The second-order valence-electron chi connectivity index (χ2n) is 7.43. The molecule has 0 radical (unpaired) electrons. The molecule has 2 N–H and O–H groups in total. The van der Waals surface area contributed by atoms with Gasteiger partial charge in [0, 0.05) is 6.54 Å². The van der Waals surface area contributed by atoms with Gasteiger partial charge in [-0.2, -0.15) is 0 Å². The summed E-state index contributed by atoms with van der Waals surface area (Å²) in [6, 6.07) is 6.42. The Hall–Kier alpha value is -1.40. The van der Waals surface area contributed by atoms with Crippen molar-refractivity contribution in [1.29, 1.82) is 0 Å². The van der Waals surface area contributed by atoms with Gasteiger partial charge < -0.3 is 10.4 Å². The zero-order chi connectivity index (χ0) is 18.5. The zero-order valence-corrected chi connectivity index (χ0v) is 16.0. The molecule has 0 aliphatic carbocycles. The maximum Gasteiger partial charge on any atom is 0.224 e. The Morgan fingerprint density at radius 2 is 1.71 bits per heavy atom. The van der Waals surface area contributed by atoms with Crippen LogP contribution in [0.3, 0.4) is 0 Å². The summed E-state index contributed by atoms with van der Waals surface area (Å²) >= 11 is 0. The smallest absolute Gasteiger partial charge is 0.224 e. The molecule has 24 heavy (non-hydrogen) atoms. The highest BCUT2D eigenvalue weighted by atomic mass is 32.2. The molecule has 136 valence electrons. The maximum absolute atomic E-state index is 12.0. The number of hydrogen-bond donors (Lipinski definition) is 2. The van der Waals surface area contributed by atoms with Crippen LogP contribution in [-0.2, 0) is 21.1 Å². The van der Waals surface area contributed by atoms with Gasteiger partial charge in [0.25, 0.3) is 0 Å². The van der Waals surface area contributed by atoms with Gasteiger partial charge in [-0.15, -0.1) is 0 Å². The van der Waals surface area contributed by atoms with Crippen LogP contribution >= 0.6 is 0 Å². The van der Waals surface area contributed by atoms with Crippen LogP contribution in [0.15, 0.2) is 29.2 Å². The van der Waals surface area contributed by atoms with E-state index in [1.54, 1.807) is 38.1 Å². The van der Waals surface area contributed by atoms with Crippen molar-refractivity contribution in [3.63, 3.8) is 0 Å². The molecular weight excluding hydrogens is 326 g/mol. The molecule has 6 heteroatoms. The van der Waals surface area contributed by atoms with Gasteiger partial charge in [0.1, 0.15) is 0 Å². The van der Waals surface area contributed by atoms with E-state index in [2.05, 4.69) is 5.32 Å². The van der Waals surface area contributed by atoms with Crippen molar-refractivity contribution in [1.82, 2.24) is 5.32 Å². The largest absolute Gasteiger partial charge is 0.393 e. The topological polar surface area (TPSA) is 83.5 Å². The lowest BCUT2D eigenvalue weighted by molar-refractivity contribution is -0.120. The Kier molecular flexibility index (Phi) is 6.98. The molecule has 0 heterocycles. The van der Waals surface area contributed by atoms with Crippen LogP contribution in [-0.4, -0.2) is 37.3 Å². The molecule has 1 amide bonds. The van der Waals surface area contributed by atoms with Crippen LogP contribution < -0.4 is 5.32 Å². The van der Waals surface area contributed by atoms with Gasteiger partial charge in [-0.3, -0.25) is 4.79 Å². The molecule has 0 saturated heterocycles. The number of carbonyl (C=O) groups is 1. The van der Waals surface area contributed by atoms with Gasteiger partial charge in [-0.25, -0.2) is 8.42 Å². The summed E-state index contributed by atoms with van der Waals surface area (Å²) in [6.45, 7) is 9.55. The number of rotatable bonds is 7. The summed E-state index contributed by atoms with van der Waals surface area (Å²) in [5.41, 5.74) is 0.550. The highest BCUT2D eigenvalue weighted by Crippen LogP contribution is 2.21. The second kappa shape index (κ2) is 8.12. The minimum Gasteiger partial charge on any atom is -0.393 e. The van der Waals surface area contributed by atoms with Crippen LogP contribution in [0.2, 0.25) is 0 Å². The Balaban J connectivity index is 2.54. The summed E-state index contributed by atoms with van der Waals surface area (Å²) in [5.74, 6) is -0.143. The molecule has 0 spiro atoms. The number of nitrogens with one attached hydrogen (secondary N) is 1. The highest BCUT2D eigenvalue weighted by molar-refractivity contribution is 7.92. The van der Waals surface area contributed by atoms with E-state index in [0.717, 1.165) is 5.56 Å². The maximum atomic E-state index is 12.0. The molecule has 0 aromatic heterocycles. The molecule has 5 nitrogen and oxygen atoms in total. The number of aliphatic hydroxyl groups is 1. The number of amides is 1. The molecule has 0 aliphatic heterocycles. The van der Waals surface area contributed by atoms with E-state index in [4.69, 9.17) is 0 Å². The van der Waals surface area contributed by atoms with E-state index < -0.39 is 21.2 Å². The summed E-state index contributed by atoms with van der Waals surface area (Å²) in [6.07, 6.45) is 0.215. The van der Waals surface area contributed by atoms with Crippen molar-refractivity contribution in [3.8, 4) is 0 Å². The van der Waals surface area contributed by atoms with Crippen molar-refractivity contribution in [3.05, 3.63) is 29.8 Å². The normalized spacial score (nSPS) is 13.8. The monoisotopic (exact) mass is 355 g/mol. The Morgan fingerprint density at radius 3 is 2.17 bits per heavy atom. The van der Waals surface area contributed by atoms with Gasteiger partial charge in [-0.05, 0) is 43.4 Å². The predicted octanol–water partition coefficient (Wildman–Crippen LogP) is 2.32. The Morgan fingerprint density at radius 1 is 1.17 bits per heavy atom. The number of sulfone groups is 1. The highest BCUT2D eigenvalue weighted by Gasteiger charge is 2.22. The van der Waals surface area contributed by atoms with E-state index >= 15 is 0 Å². The van der Waals surface area contributed by atoms with Crippen LogP contribution in [0.4, 0.5) is 0 Å². The lowest BCUT2D eigenvalue weighted by atomic mass is 9.87. The van der Waals surface area contributed by atoms with Gasteiger partial charge in [-0.1, -0.05) is 32.9 Å². The third kappa shape index (κ3) is 5.91. The summed E-state index contributed by atoms with van der Waals surface area (Å²) < 4.78 is 24.1. The molecule has 1 unspecified atom stereocenters. The molecule has 0 aliphatic rings. The van der Waals surface area contributed by atoms with Crippen molar-refractivity contribution in [2.45, 2.75) is 63.7 Å². The second-order valence-corrected chi connectivity index (χ2v) is 9.94. The molecule has 1 aromatic rings. The van der Waals surface area contributed by atoms with E-state index in [1.165, 1.54) is 0 Å². The van der Waals surface area contributed by atoms with Gasteiger partial charge in [0.2, 0.25) is 5.91 Å². The SMILES string of the molecule is CC(C)S(=O)(=O)c1ccc(CC(=O)NCCC(O)C(C)(C)C)cc1. The third-order valence-electron chi connectivity index (χ3n) is 3.98. The average Bonchev–Trinajstić information content (AvgIpc) is 2.46.